The minimum Gasteiger partial charge on any atom is -0.240 e. The van der Waals surface area contributed by atoms with Crippen molar-refractivity contribution in [2.45, 2.75) is 26.2 Å². The molecule has 0 fully saturated rings. The van der Waals surface area contributed by atoms with E-state index < -0.39 is 0 Å². The normalized spacial score (nSPS) is 12.0. The van der Waals surface area contributed by atoms with Gasteiger partial charge in [-0.3, -0.25) is 0 Å². The van der Waals surface area contributed by atoms with Gasteiger partial charge in [0.2, 0.25) is 0 Å². The third-order valence-electron chi connectivity index (χ3n) is 2.21. The SMILES string of the molecule is CC(C)(C)c1ncc2cc(Br)ccc2n1. The molecule has 0 unspecified atom stereocenters. The van der Waals surface area contributed by atoms with Crippen molar-refractivity contribution in [2.75, 3.05) is 0 Å². The summed E-state index contributed by atoms with van der Waals surface area (Å²) in [6.45, 7) is 6.35. The molecule has 2 aromatic rings. The van der Waals surface area contributed by atoms with Crippen LogP contribution in [0, 0.1) is 0 Å². The Bertz CT molecular complexity index is 500. The third kappa shape index (κ3) is 2.17. The molecule has 2 nitrogen and oxygen atoms in total. The summed E-state index contributed by atoms with van der Waals surface area (Å²) in [5.41, 5.74) is 1.000. The molecule has 1 aromatic carbocycles. The summed E-state index contributed by atoms with van der Waals surface area (Å²) in [6, 6.07) is 6.04. The minimum absolute atomic E-state index is 0.00125. The molecule has 0 bridgehead atoms. The molecule has 0 aliphatic heterocycles. The van der Waals surface area contributed by atoms with Crippen LogP contribution in [0.1, 0.15) is 26.6 Å². The highest BCUT2D eigenvalue weighted by atomic mass is 79.9. The topological polar surface area (TPSA) is 25.8 Å². The summed E-state index contributed by atoms with van der Waals surface area (Å²) in [5.74, 6) is 0.886. The van der Waals surface area contributed by atoms with Crippen molar-refractivity contribution in [1.82, 2.24) is 9.97 Å². The molecule has 3 heteroatoms. The summed E-state index contributed by atoms with van der Waals surface area (Å²) in [5, 5.41) is 1.07. The Hall–Kier alpha value is -0.960. The van der Waals surface area contributed by atoms with E-state index in [1.165, 1.54) is 0 Å². The molecule has 1 aromatic heterocycles. The van der Waals surface area contributed by atoms with Gasteiger partial charge in [-0.2, -0.15) is 0 Å². The molecule has 2 rings (SSSR count). The number of hydrogen-bond acceptors (Lipinski definition) is 2. The average Bonchev–Trinajstić information content (AvgIpc) is 2.15. The molecule has 0 atom stereocenters. The first-order valence-corrected chi connectivity index (χ1v) is 5.69. The summed E-state index contributed by atoms with van der Waals surface area (Å²) in [7, 11) is 0. The molecular formula is C12H13BrN2. The number of fused-ring (bicyclic) bond motifs is 1. The molecule has 1 heterocycles. The maximum atomic E-state index is 4.56. The first-order valence-electron chi connectivity index (χ1n) is 4.89. The highest BCUT2D eigenvalue weighted by molar-refractivity contribution is 9.10. The van der Waals surface area contributed by atoms with E-state index in [9.17, 15) is 0 Å². The molecule has 0 radical (unpaired) electrons. The zero-order chi connectivity index (χ0) is 11.1. The summed E-state index contributed by atoms with van der Waals surface area (Å²) >= 11 is 3.43. The fourth-order valence-electron chi connectivity index (χ4n) is 1.37. The van der Waals surface area contributed by atoms with Crippen molar-refractivity contribution >= 4 is 26.8 Å². The molecule has 0 saturated heterocycles. The van der Waals surface area contributed by atoms with E-state index in [2.05, 4.69) is 46.7 Å². The molecule has 0 saturated carbocycles. The van der Waals surface area contributed by atoms with Crippen LogP contribution < -0.4 is 0 Å². The summed E-state index contributed by atoms with van der Waals surface area (Å²) < 4.78 is 1.06. The van der Waals surface area contributed by atoms with Crippen molar-refractivity contribution in [1.29, 1.82) is 0 Å². The Kier molecular flexibility index (Phi) is 2.51. The third-order valence-corrected chi connectivity index (χ3v) is 2.71. The first-order chi connectivity index (χ1) is 6.97. The van der Waals surface area contributed by atoms with Crippen molar-refractivity contribution in [3.05, 3.63) is 34.7 Å². The number of hydrogen-bond donors (Lipinski definition) is 0. The van der Waals surface area contributed by atoms with Gasteiger partial charge in [0.15, 0.2) is 0 Å². The van der Waals surface area contributed by atoms with Crippen LogP contribution in [0.2, 0.25) is 0 Å². The molecule has 0 N–H and O–H groups in total. The lowest BCUT2D eigenvalue weighted by molar-refractivity contribution is 0.548. The number of aromatic nitrogens is 2. The molecular weight excluding hydrogens is 252 g/mol. The minimum atomic E-state index is 0.00125. The zero-order valence-corrected chi connectivity index (χ0v) is 10.7. The lowest BCUT2D eigenvalue weighted by Gasteiger charge is -2.16. The van der Waals surface area contributed by atoms with E-state index >= 15 is 0 Å². The molecule has 0 aliphatic rings. The van der Waals surface area contributed by atoms with Crippen LogP contribution in [0.25, 0.3) is 10.9 Å². The predicted octanol–water partition coefficient (Wildman–Crippen LogP) is 3.69. The zero-order valence-electron chi connectivity index (χ0n) is 9.08. The Labute approximate surface area is 97.9 Å². The quantitative estimate of drug-likeness (QED) is 0.726. The maximum absolute atomic E-state index is 4.56. The molecule has 0 amide bonds. The Balaban J connectivity index is 2.62. The molecule has 0 aliphatic carbocycles. The second-order valence-electron chi connectivity index (χ2n) is 4.65. The van der Waals surface area contributed by atoms with Gasteiger partial charge >= 0.3 is 0 Å². The average molecular weight is 265 g/mol. The molecule has 78 valence electrons. The summed E-state index contributed by atoms with van der Waals surface area (Å²) in [4.78, 5) is 8.94. The fraction of sp³-hybridized carbons (Fsp3) is 0.333. The van der Waals surface area contributed by atoms with E-state index in [-0.39, 0.29) is 5.41 Å². The lowest BCUT2D eigenvalue weighted by Crippen LogP contribution is -2.15. The van der Waals surface area contributed by atoms with Gasteiger partial charge in [0.1, 0.15) is 5.82 Å². The smallest absolute Gasteiger partial charge is 0.134 e. The summed E-state index contributed by atoms with van der Waals surface area (Å²) in [6.07, 6.45) is 1.88. The van der Waals surface area contributed by atoms with Gasteiger partial charge in [0, 0.05) is 21.5 Å². The van der Waals surface area contributed by atoms with E-state index in [1.807, 2.05) is 24.4 Å². The second-order valence-corrected chi connectivity index (χ2v) is 5.56. The van der Waals surface area contributed by atoms with Gasteiger partial charge in [-0.1, -0.05) is 36.7 Å². The fourth-order valence-corrected chi connectivity index (χ4v) is 1.74. The van der Waals surface area contributed by atoms with E-state index in [0.717, 1.165) is 21.2 Å². The van der Waals surface area contributed by atoms with Crippen LogP contribution >= 0.6 is 15.9 Å². The van der Waals surface area contributed by atoms with Crippen LogP contribution in [0.15, 0.2) is 28.9 Å². The van der Waals surface area contributed by atoms with Crippen molar-refractivity contribution in [3.63, 3.8) is 0 Å². The van der Waals surface area contributed by atoms with Gasteiger partial charge in [-0.15, -0.1) is 0 Å². The van der Waals surface area contributed by atoms with Gasteiger partial charge in [-0.25, -0.2) is 9.97 Å². The van der Waals surface area contributed by atoms with Crippen LogP contribution in [0.3, 0.4) is 0 Å². The Morgan fingerprint density at radius 1 is 1.20 bits per heavy atom. The standard InChI is InChI=1S/C12H13BrN2/c1-12(2,3)11-14-7-8-6-9(13)4-5-10(8)15-11/h4-7H,1-3H3. The monoisotopic (exact) mass is 264 g/mol. The Morgan fingerprint density at radius 3 is 2.60 bits per heavy atom. The maximum Gasteiger partial charge on any atom is 0.134 e. The number of halogens is 1. The first kappa shape index (κ1) is 10.6. The van der Waals surface area contributed by atoms with Gasteiger partial charge in [-0.05, 0) is 18.2 Å². The van der Waals surface area contributed by atoms with Gasteiger partial charge in [0.25, 0.3) is 0 Å². The highest BCUT2D eigenvalue weighted by Gasteiger charge is 2.17. The molecule has 15 heavy (non-hydrogen) atoms. The van der Waals surface area contributed by atoms with Gasteiger partial charge < -0.3 is 0 Å². The number of benzene rings is 1. The van der Waals surface area contributed by atoms with E-state index in [4.69, 9.17) is 0 Å². The largest absolute Gasteiger partial charge is 0.240 e. The Morgan fingerprint density at radius 2 is 1.93 bits per heavy atom. The van der Waals surface area contributed by atoms with Crippen molar-refractivity contribution in [3.8, 4) is 0 Å². The van der Waals surface area contributed by atoms with Crippen molar-refractivity contribution in [2.24, 2.45) is 0 Å². The number of nitrogens with zero attached hydrogens (tertiary/aromatic N) is 2. The van der Waals surface area contributed by atoms with E-state index in [0.29, 0.717) is 0 Å². The highest BCUT2D eigenvalue weighted by Crippen LogP contribution is 2.22. The van der Waals surface area contributed by atoms with Crippen LogP contribution in [0.5, 0.6) is 0 Å². The predicted molar refractivity (Wildman–Crippen MR) is 65.9 cm³/mol. The van der Waals surface area contributed by atoms with Crippen LogP contribution in [0.4, 0.5) is 0 Å². The molecule has 0 spiro atoms. The van der Waals surface area contributed by atoms with Gasteiger partial charge in [0.05, 0.1) is 5.52 Å². The van der Waals surface area contributed by atoms with Crippen molar-refractivity contribution < 1.29 is 0 Å². The van der Waals surface area contributed by atoms with Crippen LogP contribution in [-0.2, 0) is 5.41 Å². The van der Waals surface area contributed by atoms with E-state index in [1.54, 1.807) is 0 Å². The van der Waals surface area contributed by atoms with Crippen LogP contribution in [-0.4, -0.2) is 9.97 Å². The number of rotatable bonds is 0. The second kappa shape index (κ2) is 3.56. The lowest BCUT2D eigenvalue weighted by atomic mass is 9.95.